The Kier molecular flexibility index (Phi) is 3.23. The Bertz CT molecular complexity index is 339. The first-order valence-electron chi connectivity index (χ1n) is 5.14. The van der Waals surface area contributed by atoms with Gasteiger partial charge in [-0.05, 0) is 25.5 Å². The number of nitrogens with zero attached hydrogens (tertiary/aromatic N) is 2. The van der Waals surface area contributed by atoms with Crippen molar-refractivity contribution >= 4 is 11.5 Å². The van der Waals surface area contributed by atoms with Crippen LogP contribution in [0.2, 0.25) is 0 Å². The van der Waals surface area contributed by atoms with Crippen molar-refractivity contribution in [3.8, 4) is 5.88 Å². The standard InChI is InChI=1S/C10H17N3OS/c1-7-9(10(14-3)12-15-7)8-6-13(2)5-4-11-8/h8,11H,4-6H2,1-3H3. The molecule has 1 N–H and O–H groups in total. The van der Waals surface area contributed by atoms with Crippen molar-refractivity contribution in [1.82, 2.24) is 14.6 Å². The number of hydrogen-bond donors (Lipinski definition) is 1. The highest BCUT2D eigenvalue weighted by Gasteiger charge is 2.25. The molecule has 1 aliphatic heterocycles. The third-order valence-electron chi connectivity index (χ3n) is 2.80. The molecule has 1 aromatic heterocycles. The van der Waals surface area contributed by atoms with Crippen LogP contribution >= 0.6 is 11.5 Å². The second-order valence-corrected chi connectivity index (χ2v) is 4.91. The molecule has 1 aliphatic rings. The summed E-state index contributed by atoms with van der Waals surface area (Å²) in [6.07, 6.45) is 0. The number of ether oxygens (including phenoxy) is 1. The number of rotatable bonds is 2. The Morgan fingerprint density at radius 2 is 2.40 bits per heavy atom. The molecule has 0 spiro atoms. The van der Waals surface area contributed by atoms with Crippen LogP contribution in [0.1, 0.15) is 16.5 Å². The maximum atomic E-state index is 5.30. The number of hydrogen-bond acceptors (Lipinski definition) is 5. The largest absolute Gasteiger partial charge is 0.480 e. The van der Waals surface area contributed by atoms with Crippen molar-refractivity contribution in [2.24, 2.45) is 0 Å². The second-order valence-electron chi connectivity index (χ2n) is 3.93. The van der Waals surface area contributed by atoms with Crippen molar-refractivity contribution in [2.75, 3.05) is 33.8 Å². The summed E-state index contributed by atoms with van der Waals surface area (Å²) in [5, 5.41) is 3.51. The highest BCUT2D eigenvalue weighted by atomic mass is 32.1. The van der Waals surface area contributed by atoms with Crippen molar-refractivity contribution in [3.05, 3.63) is 10.4 Å². The van der Waals surface area contributed by atoms with Crippen LogP contribution in [0.25, 0.3) is 0 Å². The zero-order valence-corrected chi connectivity index (χ0v) is 10.2. The summed E-state index contributed by atoms with van der Waals surface area (Å²) in [6, 6.07) is 0.359. The lowest BCUT2D eigenvalue weighted by Gasteiger charge is -2.31. The van der Waals surface area contributed by atoms with E-state index in [1.807, 2.05) is 0 Å². The first kappa shape index (κ1) is 10.9. The van der Waals surface area contributed by atoms with E-state index < -0.39 is 0 Å². The summed E-state index contributed by atoms with van der Waals surface area (Å²) < 4.78 is 9.59. The van der Waals surface area contributed by atoms with E-state index >= 15 is 0 Å². The SMILES string of the molecule is COc1nsc(C)c1C1CN(C)CCN1. The quantitative estimate of drug-likeness (QED) is 0.819. The van der Waals surface area contributed by atoms with Crippen molar-refractivity contribution in [2.45, 2.75) is 13.0 Å². The van der Waals surface area contributed by atoms with E-state index in [1.54, 1.807) is 7.11 Å². The monoisotopic (exact) mass is 227 g/mol. The van der Waals surface area contributed by atoms with Crippen molar-refractivity contribution in [3.63, 3.8) is 0 Å². The Morgan fingerprint density at radius 1 is 1.60 bits per heavy atom. The molecule has 1 aromatic rings. The number of piperazine rings is 1. The van der Waals surface area contributed by atoms with Gasteiger partial charge in [0.15, 0.2) is 0 Å². The first-order chi connectivity index (χ1) is 7.22. The first-order valence-corrected chi connectivity index (χ1v) is 5.91. The van der Waals surface area contributed by atoms with Gasteiger partial charge < -0.3 is 15.0 Å². The molecule has 1 fully saturated rings. The number of aryl methyl sites for hydroxylation is 1. The van der Waals surface area contributed by atoms with Crippen molar-refractivity contribution < 1.29 is 4.74 Å². The average molecular weight is 227 g/mol. The molecule has 2 heterocycles. The van der Waals surface area contributed by atoms with Gasteiger partial charge in [-0.1, -0.05) is 0 Å². The number of nitrogens with one attached hydrogen (secondary N) is 1. The van der Waals surface area contributed by atoms with Crippen molar-refractivity contribution in [1.29, 1.82) is 0 Å². The maximum absolute atomic E-state index is 5.30. The Balaban J connectivity index is 2.23. The van der Waals surface area contributed by atoms with Crippen LogP contribution in [-0.2, 0) is 0 Å². The topological polar surface area (TPSA) is 37.4 Å². The molecule has 0 amide bonds. The summed E-state index contributed by atoms with van der Waals surface area (Å²) in [4.78, 5) is 3.58. The molecule has 84 valence electrons. The van der Waals surface area contributed by atoms with E-state index in [9.17, 15) is 0 Å². The van der Waals surface area contributed by atoms with Gasteiger partial charge in [0.05, 0.1) is 13.2 Å². The van der Waals surface area contributed by atoms with Crippen LogP contribution < -0.4 is 10.1 Å². The normalized spacial score (nSPS) is 23.0. The van der Waals surface area contributed by atoms with E-state index in [0.29, 0.717) is 6.04 Å². The molecule has 1 atom stereocenters. The summed E-state index contributed by atoms with van der Waals surface area (Å²) >= 11 is 1.52. The lowest BCUT2D eigenvalue weighted by Crippen LogP contribution is -2.43. The molecule has 0 bridgehead atoms. The van der Waals surface area contributed by atoms with Gasteiger partial charge in [-0.3, -0.25) is 0 Å². The summed E-state index contributed by atoms with van der Waals surface area (Å²) in [7, 11) is 3.83. The zero-order valence-electron chi connectivity index (χ0n) is 9.41. The maximum Gasteiger partial charge on any atom is 0.230 e. The molecule has 2 rings (SSSR count). The molecular weight excluding hydrogens is 210 g/mol. The van der Waals surface area contributed by atoms with Gasteiger partial charge in [-0.2, -0.15) is 4.37 Å². The van der Waals surface area contributed by atoms with E-state index in [2.05, 4.69) is 28.6 Å². The van der Waals surface area contributed by atoms with Gasteiger partial charge in [0.25, 0.3) is 0 Å². The summed E-state index contributed by atoms with van der Waals surface area (Å²) in [5.41, 5.74) is 1.23. The van der Waals surface area contributed by atoms with Crippen LogP contribution in [0.15, 0.2) is 0 Å². The van der Waals surface area contributed by atoms with Gasteiger partial charge in [-0.25, -0.2) is 0 Å². The second kappa shape index (κ2) is 4.47. The minimum Gasteiger partial charge on any atom is -0.480 e. The molecule has 0 aromatic carbocycles. The van der Waals surface area contributed by atoms with Gasteiger partial charge in [0.1, 0.15) is 0 Å². The number of aromatic nitrogens is 1. The molecule has 1 unspecified atom stereocenters. The Hall–Kier alpha value is -0.650. The van der Waals surface area contributed by atoms with Gasteiger partial charge in [0, 0.05) is 30.1 Å². The van der Waals surface area contributed by atoms with Crippen LogP contribution in [0.4, 0.5) is 0 Å². The minimum absolute atomic E-state index is 0.359. The number of likely N-dealkylation sites (N-methyl/N-ethyl adjacent to an activating group) is 1. The van der Waals surface area contributed by atoms with E-state index in [0.717, 1.165) is 25.5 Å². The van der Waals surface area contributed by atoms with Crippen LogP contribution in [0.5, 0.6) is 5.88 Å². The predicted molar refractivity (Wildman–Crippen MR) is 61.6 cm³/mol. The predicted octanol–water partition coefficient (Wildman–Crippen LogP) is 1.04. The fourth-order valence-electron chi connectivity index (χ4n) is 1.99. The van der Waals surface area contributed by atoms with E-state index in [4.69, 9.17) is 4.74 Å². The van der Waals surface area contributed by atoms with Crippen LogP contribution in [0, 0.1) is 6.92 Å². The summed E-state index contributed by atoms with van der Waals surface area (Å²) in [6.45, 7) is 5.26. The van der Waals surface area contributed by atoms with Crippen LogP contribution in [-0.4, -0.2) is 43.1 Å². The molecular formula is C10H17N3OS. The van der Waals surface area contributed by atoms with E-state index in [-0.39, 0.29) is 0 Å². The molecule has 0 saturated carbocycles. The van der Waals surface area contributed by atoms with Crippen LogP contribution in [0.3, 0.4) is 0 Å². The minimum atomic E-state index is 0.359. The molecule has 0 aliphatic carbocycles. The highest BCUT2D eigenvalue weighted by molar-refractivity contribution is 7.06. The fraction of sp³-hybridized carbons (Fsp3) is 0.700. The molecule has 0 radical (unpaired) electrons. The average Bonchev–Trinajstić information content (AvgIpc) is 2.59. The molecule has 4 nitrogen and oxygen atoms in total. The van der Waals surface area contributed by atoms with Gasteiger partial charge in [0.2, 0.25) is 5.88 Å². The van der Waals surface area contributed by atoms with Gasteiger partial charge in [-0.15, -0.1) is 0 Å². The lowest BCUT2D eigenvalue weighted by atomic mass is 10.1. The summed E-state index contributed by atoms with van der Waals surface area (Å²) in [5.74, 6) is 0.783. The zero-order chi connectivity index (χ0) is 10.8. The Labute approximate surface area is 94.4 Å². The lowest BCUT2D eigenvalue weighted by molar-refractivity contribution is 0.237. The Morgan fingerprint density at radius 3 is 3.07 bits per heavy atom. The fourth-order valence-corrected chi connectivity index (χ4v) is 2.71. The molecule has 15 heavy (non-hydrogen) atoms. The third-order valence-corrected chi connectivity index (χ3v) is 3.55. The highest BCUT2D eigenvalue weighted by Crippen LogP contribution is 2.31. The number of methoxy groups -OCH3 is 1. The molecule has 1 saturated heterocycles. The third kappa shape index (κ3) is 2.14. The van der Waals surface area contributed by atoms with E-state index in [1.165, 1.54) is 22.0 Å². The smallest absolute Gasteiger partial charge is 0.230 e. The van der Waals surface area contributed by atoms with Gasteiger partial charge >= 0.3 is 0 Å². The molecule has 5 heteroatoms.